The lowest BCUT2D eigenvalue weighted by molar-refractivity contribution is -0.385. The number of phenols is 1. The molecule has 3 rings (SSSR count). The number of phenolic OH excluding ortho intramolecular Hbond substituents is 1. The number of halogens is 1. The Morgan fingerprint density at radius 1 is 1.20 bits per heavy atom. The Hall–Kier alpha value is -3.63. The van der Waals surface area contributed by atoms with E-state index in [-0.39, 0.29) is 28.3 Å². The Labute approximate surface area is 207 Å². The van der Waals surface area contributed by atoms with Gasteiger partial charge in [0.25, 0.3) is 11.7 Å². The predicted molar refractivity (Wildman–Crippen MR) is 130 cm³/mol. The van der Waals surface area contributed by atoms with Crippen LogP contribution in [0.2, 0.25) is 5.02 Å². The molecule has 11 heteroatoms. The van der Waals surface area contributed by atoms with Gasteiger partial charge in [-0.25, -0.2) is 0 Å². The molecule has 1 fully saturated rings. The van der Waals surface area contributed by atoms with Crippen molar-refractivity contribution < 1.29 is 29.5 Å². The van der Waals surface area contributed by atoms with E-state index in [1.54, 1.807) is 0 Å². The van der Waals surface area contributed by atoms with Gasteiger partial charge in [0.05, 0.1) is 28.7 Å². The maximum absolute atomic E-state index is 13.1. The highest BCUT2D eigenvalue weighted by Gasteiger charge is 2.46. The molecule has 186 valence electrons. The average Bonchev–Trinajstić information content (AvgIpc) is 3.09. The summed E-state index contributed by atoms with van der Waals surface area (Å²) in [6.45, 7) is 5.97. The molecule has 0 spiro atoms. The highest BCUT2D eigenvalue weighted by molar-refractivity contribution is 6.46. The summed E-state index contributed by atoms with van der Waals surface area (Å²) >= 11 is 6.19. The van der Waals surface area contributed by atoms with Gasteiger partial charge in [-0.05, 0) is 42.9 Å². The zero-order valence-corrected chi connectivity index (χ0v) is 20.3. The van der Waals surface area contributed by atoms with E-state index >= 15 is 0 Å². The fourth-order valence-corrected chi connectivity index (χ4v) is 4.33. The number of carbonyl (C=O) groups is 2. The SMILES string of the molecule is CCN(CC)CCN1C(=O)C(=O)/C(=C(\O)c2ccc(OC)c(Cl)c2)C1c1ccc(O)c([N+](=O)[O-])c1. The first-order chi connectivity index (χ1) is 16.6. The molecule has 0 bridgehead atoms. The minimum Gasteiger partial charge on any atom is -0.507 e. The summed E-state index contributed by atoms with van der Waals surface area (Å²) in [7, 11) is 1.43. The molecule has 0 saturated carbocycles. The molecule has 0 aliphatic carbocycles. The molecule has 1 atom stereocenters. The Kier molecular flexibility index (Phi) is 7.98. The molecule has 2 aromatic rings. The number of hydrogen-bond acceptors (Lipinski definition) is 8. The minimum atomic E-state index is -1.11. The van der Waals surface area contributed by atoms with Crippen LogP contribution in [0.3, 0.4) is 0 Å². The standard InChI is InChI=1S/C24H26ClN3O7/c1-4-26(5-2)10-11-27-21(14-6-8-18(29)17(13-14)28(33)34)20(23(31)24(27)32)22(30)15-7-9-19(35-3)16(25)12-15/h6-9,12-13,21,29-30H,4-5,10-11H2,1-3H3/b22-20-. The lowest BCUT2D eigenvalue weighted by Crippen LogP contribution is -2.38. The number of benzene rings is 2. The number of rotatable bonds is 9. The van der Waals surface area contributed by atoms with Crippen molar-refractivity contribution in [3.63, 3.8) is 0 Å². The number of likely N-dealkylation sites (N-methyl/N-ethyl adjacent to an activating group) is 1. The maximum Gasteiger partial charge on any atom is 0.311 e. The molecular formula is C24H26ClN3O7. The second-order valence-corrected chi connectivity index (χ2v) is 8.28. The summed E-state index contributed by atoms with van der Waals surface area (Å²) in [6, 6.07) is 6.90. The highest BCUT2D eigenvalue weighted by Crippen LogP contribution is 2.42. The number of aliphatic hydroxyl groups excluding tert-OH is 1. The number of hydrogen-bond donors (Lipinski definition) is 2. The van der Waals surface area contributed by atoms with E-state index in [0.29, 0.717) is 12.3 Å². The third kappa shape index (κ3) is 5.08. The predicted octanol–water partition coefficient (Wildman–Crippen LogP) is 3.73. The molecule has 1 heterocycles. The summed E-state index contributed by atoms with van der Waals surface area (Å²) < 4.78 is 5.12. The number of aromatic hydroxyl groups is 1. The van der Waals surface area contributed by atoms with Crippen molar-refractivity contribution in [1.29, 1.82) is 0 Å². The zero-order chi connectivity index (χ0) is 25.9. The summed E-state index contributed by atoms with van der Waals surface area (Å²) in [5, 5.41) is 32.7. The summed E-state index contributed by atoms with van der Waals surface area (Å²) in [5.74, 6) is -2.43. The number of nitro benzene ring substituents is 1. The van der Waals surface area contributed by atoms with Gasteiger partial charge < -0.3 is 24.7 Å². The molecule has 1 amide bonds. The number of aliphatic hydroxyl groups is 1. The van der Waals surface area contributed by atoms with Gasteiger partial charge in [0.15, 0.2) is 5.75 Å². The number of carbonyl (C=O) groups excluding carboxylic acids is 2. The molecule has 0 radical (unpaired) electrons. The Bertz CT molecular complexity index is 1190. The number of ketones is 1. The van der Waals surface area contributed by atoms with Crippen molar-refractivity contribution in [2.75, 3.05) is 33.3 Å². The summed E-state index contributed by atoms with van der Waals surface area (Å²) in [6.07, 6.45) is 0. The quantitative estimate of drug-likeness (QED) is 0.174. The van der Waals surface area contributed by atoms with Crippen LogP contribution < -0.4 is 4.74 Å². The number of nitrogens with zero attached hydrogens (tertiary/aromatic N) is 3. The van der Waals surface area contributed by atoms with Gasteiger partial charge in [-0.1, -0.05) is 31.5 Å². The van der Waals surface area contributed by atoms with Gasteiger partial charge in [0.2, 0.25) is 0 Å². The van der Waals surface area contributed by atoms with Crippen molar-refractivity contribution in [2.24, 2.45) is 0 Å². The van der Waals surface area contributed by atoms with Gasteiger partial charge in [0.1, 0.15) is 11.5 Å². The number of Topliss-reactive ketones (excluding diaryl/α,β-unsaturated/α-hetero) is 1. The second-order valence-electron chi connectivity index (χ2n) is 7.87. The van der Waals surface area contributed by atoms with Gasteiger partial charge in [-0.2, -0.15) is 0 Å². The first-order valence-corrected chi connectivity index (χ1v) is 11.3. The highest BCUT2D eigenvalue weighted by atomic mass is 35.5. The maximum atomic E-state index is 13.1. The minimum absolute atomic E-state index is 0.145. The Morgan fingerprint density at radius 2 is 1.89 bits per heavy atom. The summed E-state index contributed by atoms with van der Waals surface area (Å²) in [4.78, 5) is 40.2. The van der Waals surface area contributed by atoms with Crippen molar-refractivity contribution in [1.82, 2.24) is 9.80 Å². The number of methoxy groups -OCH3 is 1. The zero-order valence-electron chi connectivity index (χ0n) is 19.5. The van der Waals surface area contributed by atoms with Crippen LogP contribution in [0.5, 0.6) is 11.5 Å². The molecule has 1 aliphatic rings. The van der Waals surface area contributed by atoms with Gasteiger partial charge in [-0.3, -0.25) is 19.7 Å². The number of likely N-dealkylation sites (tertiary alicyclic amines) is 1. The first-order valence-electron chi connectivity index (χ1n) is 11.0. The molecule has 2 aromatic carbocycles. The molecule has 1 aliphatic heterocycles. The van der Waals surface area contributed by atoms with Crippen LogP contribution in [-0.2, 0) is 9.59 Å². The lowest BCUT2D eigenvalue weighted by Gasteiger charge is -2.28. The van der Waals surface area contributed by atoms with Crippen LogP contribution in [0.1, 0.15) is 31.0 Å². The number of amides is 1. The van der Waals surface area contributed by atoms with Crippen LogP contribution in [0.15, 0.2) is 42.0 Å². The monoisotopic (exact) mass is 503 g/mol. The van der Waals surface area contributed by atoms with E-state index in [2.05, 4.69) is 4.90 Å². The average molecular weight is 504 g/mol. The van der Waals surface area contributed by atoms with E-state index in [4.69, 9.17) is 16.3 Å². The van der Waals surface area contributed by atoms with E-state index in [1.165, 1.54) is 36.3 Å². The normalized spacial score (nSPS) is 17.3. The largest absolute Gasteiger partial charge is 0.507 e. The van der Waals surface area contributed by atoms with Crippen molar-refractivity contribution in [3.8, 4) is 11.5 Å². The molecule has 10 nitrogen and oxygen atoms in total. The van der Waals surface area contributed by atoms with Crippen LogP contribution in [0.25, 0.3) is 5.76 Å². The fourth-order valence-electron chi connectivity index (χ4n) is 4.07. The van der Waals surface area contributed by atoms with Gasteiger partial charge >= 0.3 is 5.69 Å². The van der Waals surface area contributed by atoms with Crippen LogP contribution in [0, 0.1) is 10.1 Å². The van der Waals surface area contributed by atoms with E-state index in [9.17, 15) is 29.9 Å². The smallest absolute Gasteiger partial charge is 0.311 e. The molecular weight excluding hydrogens is 478 g/mol. The van der Waals surface area contributed by atoms with E-state index in [1.807, 2.05) is 13.8 Å². The van der Waals surface area contributed by atoms with Crippen molar-refractivity contribution in [2.45, 2.75) is 19.9 Å². The van der Waals surface area contributed by atoms with Gasteiger partial charge in [-0.15, -0.1) is 0 Å². The molecule has 0 aromatic heterocycles. The number of ether oxygens (including phenoxy) is 1. The van der Waals surface area contributed by atoms with Crippen LogP contribution >= 0.6 is 11.6 Å². The summed E-state index contributed by atoms with van der Waals surface area (Å²) in [5.41, 5.74) is -0.426. The molecule has 2 N–H and O–H groups in total. The lowest BCUT2D eigenvalue weighted by atomic mass is 9.94. The third-order valence-corrected chi connectivity index (χ3v) is 6.32. The topological polar surface area (TPSA) is 133 Å². The third-order valence-electron chi connectivity index (χ3n) is 6.03. The fraction of sp³-hybridized carbons (Fsp3) is 0.333. The molecule has 35 heavy (non-hydrogen) atoms. The number of nitro groups is 1. The molecule has 1 saturated heterocycles. The van der Waals surface area contributed by atoms with Crippen LogP contribution in [-0.4, -0.2) is 69.9 Å². The van der Waals surface area contributed by atoms with Gasteiger partial charge in [0, 0.05) is 24.7 Å². The van der Waals surface area contributed by atoms with Crippen LogP contribution in [0.4, 0.5) is 5.69 Å². The van der Waals surface area contributed by atoms with Crippen molar-refractivity contribution in [3.05, 3.63) is 68.2 Å². The van der Waals surface area contributed by atoms with Crippen molar-refractivity contribution >= 4 is 34.7 Å². The Balaban J connectivity index is 2.19. The Morgan fingerprint density at radius 3 is 2.46 bits per heavy atom. The van der Waals surface area contributed by atoms with E-state index in [0.717, 1.165) is 25.2 Å². The second kappa shape index (κ2) is 10.7. The molecule has 1 unspecified atom stereocenters. The van der Waals surface area contributed by atoms with E-state index < -0.39 is 39.9 Å². The first kappa shape index (κ1) is 26.0.